The van der Waals surface area contributed by atoms with Crippen LogP contribution >= 0.6 is 11.6 Å². The fraction of sp³-hybridized carbons (Fsp3) is 0.308. The number of nitrogens with zero attached hydrogens (tertiary/aromatic N) is 3. The van der Waals surface area contributed by atoms with E-state index in [-0.39, 0.29) is 5.78 Å². The number of carbonyl (C=O) groups excluding carboxylic acids is 1. The molecular formula is C13H14ClN3O. The van der Waals surface area contributed by atoms with Crippen molar-refractivity contribution >= 4 is 17.4 Å². The molecule has 0 aromatic carbocycles. The van der Waals surface area contributed by atoms with Crippen LogP contribution in [-0.4, -0.2) is 20.5 Å². The maximum absolute atomic E-state index is 12.0. The van der Waals surface area contributed by atoms with Gasteiger partial charge in [-0.25, -0.2) is 0 Å². The van der Waals surface area contributed by atoms with Crippen LogP contribution < -0.4 is 0 Å². The summed E-state index contributed by atoms with van der Waals surface area (Å²) in [6.07, 6.45) is 4.06. The summed E-state index contributed by atoms with van der Waals surface area (Å²) in [4.78, 5) is 16.0. The Labute approximate surface area is 111 Å². The van der Waals surface area contributed by atoms with E-state index in [1.807, 2.05) is 19.1 Å². The van der Waals surface area contributed by atoms with Crippen molar-refractivity contribution < 1.29 is 4.79 Å². The quantitative estimate of drug-likeness (QED) is 0.849. The number of Topliss-reactive ketones (excluding diaryl/α,β-unsaturated/α-hetero) is 1. The second kappa shape index (κ2) is 5.31. The van der Waals surface area contributed by atoms with Crippen LogP contribution in [0.2, 0.25) is 5.02 Å². The fourth-order valence-corrected chi connectivity index (χ4v) is 2.08. The van der Waals surface area contributed by atoms with Gasteiger partial charge in [0.2, 0.25) is 0 Å². The lowest BCUT2D eigenvalue weighted by molar-refractivity contribution is -0.117. The highest BCUT2D eigenvalue weighted by Gasteiger charge is 2.14. The molecule has 0 aliphatic carbocycles. The number of hydrogen-bond acceptors (Lipinski definition) is 3. The van der Waals surface area contributed by atoms with Crippen molar-refractivity contribution in [2.24, 2.45) is 7.05 Å². The molecule has 0 amide bonds. The van der Waals surface area contributed by atoms with E-state index < -0.39 is 0 Å². The fourth-order valence-electron chi connectivity index (χ4n) is 1.85. The first-order valence-electron chi connectivity index (χ1n) is 5.66. The maximum atomic E-state index is 12.0. The Balaban J connectivity index is 2.08. The van der Waals surface area contributed by atoms with Crippen molar-refractivity contribution in [1.82, 2.24) is 14.8 Å². The van der Waals surface area contributed by atoms with Gasteiger partial charge in [0.05, 0.1) is 22.8 Å². The molecule has 0 saturated carbocycles. The Morgan fingerprint density at radius 3 is 2.78 bits per heavy atom. The molecule has 0 saturated heterocycles. The lowest BCUT2D eigenvalue weighted by atomic mass is 10.1. The minimum absolute atomic E-state index is 0.105. The topological polar surface area (TPSA) is 47.8 Å². The molecule has 2 aromatic heterocycles. The zero-order chi connectivity index (χ0) is 13.1. The number of aromatic nitrogens is 3. The standard InChI is InChI=1S/C13H14ClN3O/c1-9-13(14)12(17(2)16-9)7-11(18)6-10-4-3-5-15-8-10/h3-5,8H,6-7H2,1-2H3. The van der Waals surface area contributed by atoms with Crippen LogP contribution in [0.25, 0.3) is 0 Å². The highest BCUT2D eigenvalue weighted by atomic mass is 35.5. The van der Waals surface area contributed by atoms with Crippen molar-refractivity contribution in [3.05, 3.63) is 46.5 Å². The molecule has 2 heterocycles. The van der Waals surface area contributed by atoms with E-state index in [9.17, 15) is 4.79 Å². The normalized spacial score (nSPS) is 10.6. The Kier molecular flexibility index (Phi) is 3.77. The van der Waals surface area contributed by atoms with Crippen molar-refractivity contribution in [3.8, 4) is 0 Å². The van der Waals surface area contributed by atoms with Crippen LogP contribution in [0.15, 0.2) is 24.5 Å². The van der Waals surface area contributed by atoms with E-state index in [1.165, 1.54) is 0 Å². The Bertz CT molecular complexity index is 563. The van der Waals surface area contributed by atoms with Gasteiger partial charge in [-0.3, -0.25) is 14.5 Å². The molecule has 0 N–H and O–H groups in total. The molecule has 2 rings (SSSR count). The molecular weight excluding hydrogens is 250 g/mol. The molecule has 4 nitrogen and oxygen atoms in total. The van der Waals surface area contributed by atoms with Gasteiger partial charge in [-0.15, -0.1) is 0 Å². The molecule has 0 atom stereocenters. The average Bonchev–Trinajstić information content (AvgIpc) is 2.57. The van der Waals surface area contributed by atoms with Crippen LogP contribution in [0, 0.1) is 6.92 Å². The molecule has 94 valence electrons. The zero-order valence-electron chi connectivity index (χ0n) is 10.4. The number of halogens is 1. The smallest absolute Gasteiger partial charge is 0.143 e. The van der Waals surface area contributed by atoms with Gasteiger partial charge in [-0.1, -0.05) is 17.7 Å². The second-order valence-corrected chi connectivity index (χ2v) is 4.60. The van der Waals surface area contributed by atoms with E-state index in [4.69, 9.17) is 11.6 Å². The van der Waals surface area contributed by atoms with Crippen molar-refractivity contribution in [3.63, 3.8) is 0 Å². The lowest BCUT2D eigenvalue weighted by Crippen LogP contribution is -2.10. The van der Waals surface area contributed by atoms with Gasteiger partial charge in [-0.05, 0) is 18.6 Å². The minimum Gasteiger partial charge on any atom is -0.299 e. The summed E-state index contributed by atoms with van der Waals surface area (Å²) in [6, 6.07) is 3.71. The third kappa shape index (κ3) is 2.76. The number of pyridine rings is 1. The molecule has 0 fully saturated rings. The Morgan fingerprint density at radius 2 is 2.22 bits per heavy atom. The van der Waals surface area contributed by atoms with E-state index in [1.54, 1.807) is 24.1 Å². The van der Waals surface area contributed by atoms with Gasteiger partial charge in [0.15, 0.2) is 0 Å². The van der Waals surface area contributed by atoms with Gasteiger partial charge < -0.3 is 0 Å². The van der Waals surface area contributed by atoms with Gasteiger partial charge in [-0.2, -0.15) is 5.10 Å². The summed E-state index contributed by atoms with van der Waals surface area (Å²) < 4.78 is 1.67. The molecule has 5 heteroatoms. The predicted octanol–water partition coefficient (Wildman–Crippen LogP) is 2.13. The SMILES string of the molecule is Cc1nn(C)c(CC(=O)Cc2cccnc2)c1Cl. The molecule has 0 spiro atoms. The highest BCUT2D eigenvalue weighted by Crippen LogP contribution is 2.20. The van der Waals surface area contributed by atoms with E-state index in [0.717, 1.165) is 17.0 Å². The van der Waals surface area contributed by atoms with Crippen LogP contribution in [0.3, 0.4) is 0 Å². The van der Waals surface area contributed by atoms with Crippen molar-refractivity contribution in [1.29, 1.82) is 0 Å². The zero-order valence-corrected chi connectivity index (χ0v) is 11.1. The van der Waals surface area contributed by atoms with Gasteiger partial charge in [0.1, 0.15) is 5.78 Å². The first kappa shape index (κ1) is 12.8. The monoisotopic (exact) mass is 263 g/mol. The molecule has 0 aliphatic rings. The third-order valence-electron chi connectivity index (χ3n) is 2.75. The largest absolute Gasteiger partial charge is 0.299 e. The summed E-state index contributed by atoms with van der Waals surface area (Å²) >= 11 is 6.11. The molecule has 0 bridgehead atoms. The number of rotatable bonds is 4. The van der Waals surface area contributed by atoms with E-state index >= 15 is 0 Å². The minimum atomic E-state index is 0.105. The highest BCUT2D eigenvalue weighted by molar-refractivity contribution is 6.32. The summed E-state index contributed by atoms with van der Waals surface area (Å²) in [6.45, 7) is 1.83. The Morgan fingerprint density at radius 1 is 1.44 bits per heavy atom. The summed E-state index contributed by atoms with van der Waals surface area (Å²) in [5.74, 6) is 0.105. The van der Waals surface area contributed by atoms with Crippen molar-refractivity contribution in [2.45, 2.75) is 19.8 Å². The number of hydrogen-bond donors (Lipinski definition) is 0. The number of carbonyl (C=O) groups is 1. The van der Waals surface area contributed by atoms with Gasteiger partial charge in [0, 0.05) is 25.9 Å². The second-order valence-electron chi connectivity index (χ2n) is 4.22. The number of ketones is 1. The molecule has 0 unspecified atom stereocenters. The first-order valence-corrected chi connectivity index (χ1v) is 6.04. The maximum Gasteiger partial charge on any atom is 0.143 e. The summed E-state index contributed by atoms with van der Waals surface area (Å²) in [5, 5.41) is 4.77. The molecule has 0 radical (unpaired) electrons. The predicted molar refractivity (Wildman–Crippen MR) is 69.6 cm³/mol. The summed E-state index contributed by atoms with van der Waals surface area (Å²) in [5.41, 5.74) is 2.43. The van der Waals surface area contributed by atoms with Gasteiger partial charge >= 0.3 is 0 Å². The van der Waals surface area contributed by atoms with E-state index in [2.05, 4.69) is 10.1 Å². The molecule has 18 heavy (non-hydrogen) atoms. The molecule has 2 aromatic rings. The average molecular weight is 264 g/mol. The van der Waals surface area contributed by atoms with Crippen LogP contribution in [0.1, 0.15) is 17.0 Å². The van der Waals surface area contributed by atoms with Gasteiger partial charge in [0.25, 0.3) is 0 Å². The van der Waals surface area contributed by atoms with Crippen LogP contribution in [-0.2, 0) is 24.7 Å². The van der Waals surface area contributed by atoms with E-state index in [0.29, 0.717) is 17.9 Å². The lowest BCUT2D eigenvalue weighted by Gasteiger charge is -2.02. The van der Waals surface area contributed by atoms with Crippen LogP contribution in [0.4, 0.5) is 0 Å². The van der Waals surface area contributed by atoms with Crippen molar-refractivity contribution in [2.75, 3.05) is 0 Å². The third-order valence-corrected chi connectivity index (χ3v) is 3.24. The summed E-state index contributed by atoms with van der Waals surface area (Å²) in [7, 11) is 1.80. The molecule has 0 aliphatic heterocycles. The van der Waals surface area contributed by atoms with Crippen LogP contribution in [0.5, 0.6) is 0 Å². The number of aryl methyl sites for hydroxylation is 2. The Hall–Kier alpha value is -1.68. The first-order chi connectivity index (χ1) is 8.58.